The molecule has 1 aromatic rings. The van der Waals surface area contributed by atoms with E-state index in [4.69, 9.17) is 11.6 Å². The van der Waals surface area contributed by atoms with Gasteiger partial charge in [0.1, 0.15) is 5.69 Å². The molecule has 1 N–H and O–H groups in total. The number of aryl methyl sites for hydroxylation is 1. The molecule has 5 heteroatoms. The first-order valence-electron chi connectivity index (χ1n) is 5.33. The molecule has 0 aliphatic carbocycles. The molecule has 0 saturated heterocycles. The number of rotatable bonds is 5. The molecule has 0 saturated carbocycles. The predicted molar refractivity (Wildman–Crippen MR) is 68.3 cm³/mol. The number of thiazole rings is 1. The SMILES string of the molecule is Cc1nc(C(=O)NCC(Cl)CC(C)C)cs1. The van der Waals surface area contributed by atoms with Crippen molar-refractivity contribution in [1.29, 1.82) is 0 Å². The van der Waals surface area contributed by atoms with E-state index in [-0.39, 0.29) is 11.3 Å². The summed E-state index contributed by atoms with van der Waals surface area (Å²) in [5, 5.41) is 5.44. The van der Waals surface area contributed by atoms with Crippen molar-refractivity contribution < 1.29 is 4.79 Å². The van der Waals surface area contributed by atoms with Gasteiger partial charge in [0.05, 0.1) is 10.4 Å². The zero-order valence-corrected chi connectivity index (χ0v) is 11.4. The molecule has 3 nitrogen and oxygen atoms in total. The van der Waals surface area contributed by atoms with Gasteiger partial charge in [-0.3, -0.25) is 4.79 Å². The summed E-state index contributed by atoms with van der Waals surface area (Å²) in [4.78, 5) is 15.7. The van der Waals surface area contributed by atoms with Crippen molar-refractivity contribution in [3.05, 3.63) is 16.1 Å². The van der Waals surface area contributed by atoms with Gasteiger partial charge in [0.2, 0.25) is 0 Å². The van der Waals surface area contributed by atoms with Gasteiger partial charge in [-0.15, -0.1) is 22.9 Å². The maximum atomic E-state index is 11.6. The summed E-state index contributed by atoms with van der Waals surface area (Å²) in [6.45, 7) is 6.60. The van der Waals surface area contributed by atoms with Crippen LogP contribution in [0.25, 0.3) is 0 Å². The number of carbonyl (C=O) groups is 1. The van der Waals surface area contributed by atoms with Crippen LogP contribution in [-0.2, 0) is 0 Å². The van der Waals surface area contributed by atoms with Crippen molar-refractivity contribution in [3.63, 3.8) is 0 Å². The highest BCUT2D eigenvalue weighted by atomic mass is 35.5. The van der Waals surface area contributed by atoms with Gasteiger partial charge >= 0.3 is 0 Å². The second-order valence-electron chi connectivity index (χ2n) is 4.19. The van der Waals surface area contributed by atoms with Crippen LogP contribution in [0.15, 0.2) is 5.38 Å². The van der Waals surface area contributed by atoms with Crippen LogP contribution in [-0.4, -0.2) is 22.8 Å². The minimum Gasteiger partial charge on any atom is -0.349 e. The van der Waals surface area contributed by atoms with E-state index in [1.807, 2.05) is 6.92 Å². The molecule has 16 heavy (non-hydrogen) atoms. The van der Waals surface area contributed by atoms with Gasteiger partial charge < -0.3 is 5.32 Å². The number of amides is 1. The maximum absolute atomic E-state index is 11.6. The van der Waals surface area contributed by atoms with Crippen LogP contribution >= 0.6 is 22.9 Å². The van der Waals surface area contributed by atoms with E-state index in [1.165, 1.54) is 11.3 Å². The van der Waals surface area contributed by atoms with E-state index >= 15 is 0 Å². The molecule has 0 radical (unpaired) electrons. The Morgan fingerprint density at radius 2 is 2.31 bits per heavy atom. The van der Waals surface area contributed by atoms with Gasteiger partial charge in [-0.2, -0.15) is 0 Å². The Labute approximate surface area is 105 Å². The van der Waals surface area contributed by atoms with E-state index in [1.54, 1.807) is 5.38 Å². The molecule has 1 atom stereocenters. The van der Waals surface area contributed by atoms with Gasteiger partial charge in [-0.05, 0) is 19.3 Å². The standard InChI is InChI=1S/C11H17ClN2OS/c1-7(2)4-9(12)5-13-11(15)10-6-16-8(3)14-10/h6-7,9H,4-5H2,1-3H3,(H,13,15). The van der Waals surface area contributed by atoms with Crippen molar-refractivity contribution in [2.24, 2.45) is 5.92 Å². The molecule has 0 spiro atoms. The summed E-state index contributed by atoms with van der Waals surface area (Å²) in [5.74, 6) is 0.402. The van der Waals surface area contributed by atoms with Crippen LogP contribution in [0, 0.1) is 12.8 Å². The average Bonchev–Trinajstić information content (AvgIpc) is 2.60. The van der Waals surface area contributed by atoms with Crippen molar-refractivity contribution in [2.45, 2.75) is 32.6 Å². The number of hydrogen-bond donors (Lipinski definition) is 1. The van der Waals surface area contributed by atoms with Crippen molar-refractivity contribution in [3.8, 4) is 0 Å². The maximum Gasteiger partial charge on any atom is 0.270 e. The fraction of sp³-hybridized carbons (Fsp3) is 0.636. The number of alkyl halides is 1. The molecule has 1 rings (SSSR count). The minimum absolute atomic E-state index is 0.0105. The Balaban J connectivity index is 2.35. The second-order valence-corrected chi connectivity index (χ2v) is 5.87. The number of aromatic nitrogens is 1. The smallest absolute Gasteiger partial charge is 0.270 e. The number of halogens is 1. The third kappa shape index (κ3) is 4.49. The molecule has 1 amide bonds. The van der Waals surface area contributed by atoms with Crippen LogP contribution in [0.5, 0.6) is 0 Å². The first kappa shape index (κ1) is 13.5. The van der Waals surface area contributed by atoms with E-state index in [9.17, 15) is 4.79 Å². The molecule has 0 aliphatic rings. The molecular weight excluding hydrogens is 244 g/mol. The lowest BCUT2D eigenvalue weighted by Gasteiger charge is -2.12. The molecule has 0 fully saturated rings. The number of hydrogen-bond acceptors (Lipinski definition) is 3. The Morgan fingerprint density at radius 3 is 2.81 bits per heavy atom. The lowest BCUT2D eigenvalue weighted by atomic mass is 10.1. The summed E-state index contributed by atoms with van der Waals surface area (Å²) >= 11 is 7.55. The van der Waals surface area contributed by atoms with Crippen LogP contribution in [0.4, 0.5) is 0 Å². The summed E-state index contributed by atoms with van der Waals surface area (Å²) in [7, 11) is 0. The van der Waals surface area contributed by atoms with E-state index in [2.05, 4.69) is 24.1 Å². The average molecular weight is 261 g/mol. The fourth-order valence-electron chi connectivity index (χ4n) is 1.36. The van der Waals surface area contributed by atoms with E-state index in [0.29, 0.717) is 18.2 Å². The van der Waals surface area contributed by atoms with Crippen LogP contribution < -0.4 is 5.32 Å². The second kappa shape index (κ2) is 6.21. The van der Waals surface area contributed by atoms with Crippen LogP contribution in [0.3, 0.4) is 0 Å². The van der Waals surface area contributed by atoms with Crippen molar-refractivity contribution >= 4 is 28.8 Å². The third-order valence-electron chi connectivity index (χ3n) is 2.06. The zero-order chi connectivity index (χ0) is 12.1. The predicted octanol–water partition coefficient (Wildman–Crippen LogP) is 2.83. The van der Waals surface area contributed by atoms with Crippen molar-refractivity contribution in [2.75, 3.05) is 6.54 Å². The number of nitrogens with one attached hydrogen (secondary N) is 1. The Morgan fingerprint density at radius 1 is 1.62 bits per heavy atom. The lowest BCUT2D eigenvalue weighted by Crippen LogP contribution is -2.30. The molecule has 90 valence electrons. The monoisotopic (exact) mass is 260 g/mol. The van der Waals surface area contributed by atoms with Gasteiger partial charge in [0.15, 0.2) is 0 Å². The molecule has 0 aliphatic heterocycles. The lowest BCUT2D eigenvalue weighted by molar-refractivity contribution is 0.0948. The number of carbonyl (C=O) groups excluding carboxylic acids is 1. The molecule has 0 bridgehead atoms. The van der Waals surface area contributed by atoms with Gasteiger partial charge in [-0.1, -0.05) is 13.8 Å². The first-order chi connectivity index (χ1) is 7.49. The molecule has 1 heterocycles. The summed E-state index contributed by atoms with van der Waals surface area (Å²) in [5.41, 5.74) is 0.482. The Hall–Kier alpha value is -0.610. The Bertz CT molecular complexity index is 352. The highest BCUT2D eigenvalue weighted by molar-refractivity contribution is 7.09. The molecule has 0 aromatic carbocycles. The summed E-state index contributed by atoms with van der Waals surface area (Å²) < 4.78 is 0. The molecule has 1 unspecified atom stereocenters. The summed E-state index contributed by atoms with van der Waals surface area (Å²) in [6.07, 6.45) is 0.901. The third-order valence-corrected chi connectivity index (χ3v) is 3.17. The van der Waals surface area contributed by atoms with E-state index < -0.39 is 0 Å². The highest BCUT2D eigenvalue weighted by Crippen LogP contribution is 2.10. The topological polar surface area (TPSA) is 42.0 Å². The zero-order valence-electron chi connectivity index (χ0n) is 9.79. The first-order valence-corrected chi connectivity index (χ1v) is 6.65. The van der Waals surface area contributed by atoms with Crippen molar-refractivity contribution in [1.82, 2.24) is 10.3 Å². The van der Waals surface area contributed by atoms with Gasteiger partial charge in [0.25, 0.3) is 5.91 Å². The quantitative estimate of drug-likeness (QED) is 0.828. The number of nitrogens with zero attached hydrogens (tertiary/aromatic N) is 1. The molecule has 1 aromatic heterocycles. The minimum atomic E-state index is -0.140. The van der Waals surface area contributed by atoms with Crippen LogP contribution in [0.2, 0.25) is 0 Å². The normalized spacial score (nSPS) is 12.8. The molecular formula is C11H17ClN2OS. The highest BCUT2D eigenvalue weighted by Gasteiger charge is 2.12. The Kier molecular flexibility index (Phi) is 5.22. The van der Waals surface area contributed by atoms with Crippen LogP contribution in [0.1, 0.15) is 35.8 Å². The summed E-state index contributed by atoms with van der Waals surface area (Å²) in [6, 6.07) is 0. The van der Waals surface area contributed by atoms with Gasteiger partial charge in [0, 0.05) is 11.9 Å². The fourth-order valence-corrected chi connectivity index (χ4v) is 2.38. The van der Waals surface area contributed by atoms with E-state index in [0.717, 1.165) is 11.4 Å². The van der Waals surface area contributed by atoms with Gasteiger partial charge in [-0.25, -0.2) is 4.98 Å². The largest absolute Gasteiger partial charge is 0.349 e.